The van der Waals surface area contributed by atoms with Gasteiger partial charge in [0.1, 0.15) is 11.6 Å². The van der Waals surface area contributed by atoms with Gasteiger partial charge in [-0.1, -0.05) is 29.8 Å². The lowest BCUT2D eigenvalue weighted by molar-refractivity contribution is 0.601. The smallest absolute Gasteiger partial charge is 0.136 e. The van der Waals surface area contributed by atoms with Crippen LogP contribution in [0, 0.1) is 11.6 Å². The number of halogens is 3. The molecule has 0 fully saturated rings. The molecule has 0 saturated carbocycles. The third-order valence-corrected chi connectivity index (χ3v) is 4.38. The van der Waals surface area contributed by atoms with Gasteiger partial charge in [-0.05, 0) is 36.2 Å². The van der Waals surface area contributed by atoms with Crippen LogP contribution in [0.4, 0.5) is 8.78 Å². The van der Waals surface area contributed by atoms with E-state index in [-0.39, 0.29) is 17.7 Å². The maximum atomic E-state index is 13.5. The normalized spacial score (nSPS) is 12.4. The molecule has 1 unspecified atom stereocenters. The number of benzene rings is 2. The lowest BCUT2D eigenvalue weighted by atomic mass is 10.1. The van der Waals surface area contributed by atoms with Crippen molar-refractivity contribution >= 4 is 23.4 Å². The Labute approximate surface area is 126 Å². The molecule has 5 heteroatoms. The first kappa shape index (κ1) is 15.3. The van der Waals surface area contributed by atoms with Crippen molar-refractivity contribution in [3.05, 3.63) is 64.7 Å². The highest BCUT2D eigenvalue weighted by atomic mass is 35.5. The molecule has 2 aromatic rings. The van der Waals surface area contributed by atoms with Gasteiger partial charge in [0.05, 0.1) is 0 Å². The molecule has 0 saturated heterocycles. The summed E-state index contributed by atoms with van der Waals surface area (Å²) in [4.78, 5) is 0.577. The monoisotopic (exact) mass is 313 g/mol. The van der Waals surface area contributed by atoms with E-state index in [1.54, 1.807) is 24.3 Å². The van der Waals surface area contributed by atoms with Crippen LogP contribution >= 0.6 is 23.4 Å². The summed E-state index contributed by atoms with van der Waals surface area (Å²) in [6.45, 7) is 0. The summed E-state index contributed by atoms with van der Waals surface area (Å²) < 4.78 is 26.4. The minimum Gasteiger partial charge on any atom is -0.327 e. The molecule has 0 bridgehead atoms. The number of rotatable bonds is 5. The van der Waals surface area contributed by atoms with Crippen molar-refractivity contribution in [3.63, 3.8) is 0 Å². The van der Waals surface area contributed by atoms with Crippen molar-refractivity contribution in [3.8, 4) is 0 Å². The van der Waals surface area contributed by atoms with Crippen LogP contribution < -0.4 is 5.73 Å². The molecule has 0 aliphatic rings. The Hall–Kier alpha value is -1.10. The second-order valence-electron chi connectivity index (χ2n) is 4.44. The van der Waals surface area contributed by atoms with Gasteiger partial charge in [0.15, 0.2) is 0 Å². The quantitative estimate of drug-likeness (QED) is 0.834. The summed E-state index contributed by atoms with van der Waals surface area (Å²) in [7, 11) is 0. The van der Waals surface area contributed by atoms with Gasteiger partial charge in [-0.3, -0.25) is 0 Å². The highest BCUT2D eigenvalue weighted by Gasteiger charge is 2.10. The number of thioether (sulfide) groups is 1. The van der Waals surface area contributed by atoms with E-state index in [9.17, 15) is 8.78 Å². The summed E-state index contributed by atoms with van der Waals surface area (Å²) in [5, 5.41) is 0.372. The van der Waals surface area contributed by atoms with Crippen LogP contribution in [0.2, 0.25) is 5.02 Å². The lowest BCUT2D eigenvalue weighted by Gasteiger charge is -2.12. The van der Waals surface area contributed by atoms with Gasteiger partial charge in [-0.2, -0.15) is 0 Å². The minimum absolute atomic E-state index is 0.178. The van der Waals surface area contributed by atoms with E-state index >= 15 is 0 Å². The first-order chi connectivity index (χ1) is 9.56. The molecule has 2 aromatic carbocycles. The summed E-state index contributed by atoms with van der Waals surface area (Å²) in [5.41, 5.74) is 6.82. The molecule has 1 atom stereocenters. The zero-order valence-electron chi connectivity index (χ0n) is 10.7. The van der Waals surface area contributed by atoms with E-state index in [4.69, 9.17) is 17.3 Å². The highest BCUT2D eigenvalue weighted by Crippen LogP contribution is 2.24. The van der Waals surface area contributed by atoms with E-state index in [2.05, 4.69) is 0 Å². The molecule has 0 amide bonds. The summed E-state index contributed by atoms with van der Waals surface area (Å²) in [6, 6.07) is 10.7. The Bertz CT molecular complexity index is 592. The van der Waals surface area contributed by atoms with Gasteiger partial charge in [-0.15, -0.1) is 11.8 Å². The molecule has 20 heavy (non-hydrogen) atoms. The molecule has 0 aromatic heterocycles. The molecule has 0 heterocycles. The van der Waals surface area contributed by atoms with Gasteiger partial charge < -0.3 is 5.73 Å². The zero-order chi connectivity index (χ0) is 14.5. The van der Waals surface area contributed by atoms with Crippen LogP contribution in [0.3, 0.4) is 0 Å². The first-order valence-electron chi connectivity index (χ1n) is 6.13. The maximum Gasteiger partial charge on any atom is 0.136 e. The van der Waals surface area contributed by atoms with Crippen LogP contribution in [0.1, 0.15) is 5.56 Å². The molecule has 0 spiro atoms. The molecule has 2 rings (SSSR count). The van der Waals surface area contributed by atoms with Crippen molar-refractivity contribution in [2.45, 2.75) is 17.4 Å². The van der Waals surface area contributed by atoms with Crippen molar-refractivity contribution in [1.29, 1.82) is 0 Å². The van der Waals surface area contributed by atoms with Crippen LogP contribution in [0.25, 0.3) is 0 Å². The average molecular weight is 314 g/mol. The second kappa shape index (κ2) is 7.07. The van der Waals surface area contributed by atoms with Gasteiger partial charge in [0.25, 0.3) is 0 Å². The van der Waals surface area contributed by atoms with Crippen LogP contribution in [0.15, 0.2) is 47.4 Å². The lowest BCUT2D eigenvalue weighted by Crippen LogP contribution is -2.25. The maximum absolute atomic E-state index is 13.5. The third kappa shape index (κ3) is 4.20. The average Bonchev–Trinajstić information content (AvgIpc) is 2.41. The Morgan fingerprint density at radius 2 is 1.90 bits per heavy atom. The molecular weight excluding hydrogens is 300 g/mol. The van der Waals surface area contributed by atoms with E-state index in [1.165, 1.54) is 30.0 Å². The fourth-order valence-corrected chi connectivity index (χ4v) is 2.92. The Balaban J connectivity index is 1.92. The van der Waals surface area contributed by atoms with Crippen molar-refractivity contribution in [2.24, 2.45) is 5.73 Å². The SMILES string of the molecule is NC(CSc1ccccc1F)Cc1ccc(F)cc1Cl. The Morgan fingerprint density at radius 3 is 2.60 bits per heavy atom. The topological polar surface area (TPSA) is 26.0 Å². The molecule has 106 valence electrons. The number of hydrogen-bond donors (Lipinski definition) is 1. The predicted molar refractivity (Wildman–Crippen MR) is 80.2 cm³/mol. The molecule has 2 N–H and O–H groups in total. The minimum atomic E-state index is -0.368. The Kier molecular flexibility index (Phi) is 5.40. The number of nitrogens with two attached hydrogens (primary N) is 1. The standard InChI is InChI=1S/C15H14ClF2NS/c16-13-8-11(17)6-5-10(13)7-12(19)9-20-15-4-2-1-3-14(15)18/h1-6,8,12H,7,9,19H2. The summed E-state index contributed by atoms with van der Waals surface area (Å²) in [5.74, 6) is -0.0492. The van der Waals surface area contributed by atoms with Crippen LogP contribution in [-0.4, -0.2) is 11.8 Å². The van der Waals surface area contributed by atoms with Gasteiger partial charge in [0.2, 0.25) is 0 Å². The van der Waals surface area contributed by atoms with Crippen molar-refractivity contribution in [2.75, 3.05) is 5.75 Å². The predicted octanol–water partition coefficient (Wildman–Crippen LogP) is 4.28. The summed E-state index contributed by atoms with van der Waals surface area (Å²) >= 11 is 7.32. The Morgan fingerprint density at radius 1 is 1.15 bits per heavy atom. The van der Waals surface area contributed by atoms with Crippen molar-refractivity contribution in [1.82, 2.24) is 0 Å². The first-order valence-corrected chi connectivity index (χ1v) is 7.49. The van der Waals surface area contributed by atoms with Gasteiger partial charge >= 0.3 is 0 Å². The summed E-state index contributed by atoms with van der Waals surface area (Å²) in [6.07, 6.45) is 0.528. The fraction of sp³-hybridized carbons (Fsp3) is 0.200. The zero-order valence-corrected chi connectivity index (χ0v) is 12.2. The second-order valence-corrected chi connectivity index (χ2v) is 5.91. The van der Waals surface area contributed by atoms with E-state index in [1.807, 2.05) is 0 Å². The van der Waals surface area contributed by atoms with Gasteiger partial charge in [-0.25, -0.2) is 8.78 Å². The van der Waals surface area contributed by atoms with Gasteiger partial charge in [0, 0.05) is 21.7 Å². The number of hydrogen-bond acceptors (Lipinski definition) is 2. The molecule has 0 radical (unpaired) electrons. The molecule has 0 aliphatic carbocycles. The molecular formula is C15H14ClF2NS. The molecule has 1 nitrogen and oxygen atoms in total. The fourth-order valence-electron chi connectivity index (χ4n) is 1.79. The largest absolute Gasteiger partial charge is 0.327 e. The highest BCUT2D eigenvalue weighted by molar-refractivity contribution is 7.99. The third-order valence-electron chi connectivity index (χ3n) is 2.79. The van der Waals surface area contributed by atoms with E-state index in [0.717, 1.165) is 5.56 Å². The van der Waals surface area contributed by atoms with E-state index < -0.39 is 0 Å². The van der Waals surface area contributed by atoms with E-state index in [0.29, 0.717) is 22.1 Å². The van der Waals surface area contributed by atoms with Crippen LogP contribution in [0.5, 0.6) is 0 Å². The van der Waals surface area contributed by atoms with Crippen molar-refractivity contribution < 1.29 is 8.78 Å². The van der Waals surface area contributed by atoms with Crippen LogP contribution in [-0.2, 0) is 6.42 Å². The molecule has 0 aliphatic heterocycles.